The molecule has 1 aromatic carbocycles. The Bertz CT molecular complexity index is 883. The van der Waals surface area contributed by atoms with E-state index in [0.717, 1.165) is 0 Å². The Labute approximate surface area is 129 Å². The van der Waals surface area contributed by atoms with Crippen LogP contribution in [0.1, 0.15) is 4.79 Å². The van der Waals surface area contributed by atoms with Crippen LogP contribution in [0.4, 0.5) is 16.4 Å². The van der Waals surface area contributed by atoms with Gasteiger partial charge < -0.3 is 10.5 Å². The van der Waals surface area contributed by atoms with E-state index in [2.05, 4.69) is 25.5 Å². The van der Waals surface area contributed by atoms with Crippen LogP contribution in [0.15, 0.2) is 30.5 Å². The van der Waals surface area contributed by atoms with Crippen LogP contribution in [-0.4, -0.2) is 43.9 Å². The molecule has 3 rings (SSSR count). The van der Waals surface area contributed by atoms with Gasteiger partial charge >= 0.3 is 6.09 Å². The Morgan fingerprint density at radius 3 is 2.91 bits per heavy atom. The topological polar surface area (TPSA) is 130 Å². The maximum Gasteiger partial charge on any atom is 0.412 e. The number of ether oxygens (including phenoxy) is 1. The molecular weight excluding hydrogens is 302 g/mol. The predicted octanol–water partition coefficient (Wildman–Crippen LogP) is 0.729. The third kappa shape index (κ3) is 2.81. The molecule has 0 atom stereocenters. The monoisotopic (exact) mass is 315 g/mol. The zero-order valence-electron chi connectivity index (χ0n) is 12.1. The summed E-state index contributed by atoms with van der Waals surface area (Å²) in [7, 11) is 1.23. The fraction of sp³-hybridized carbons (Fsp3) is 0.154. The third-order valence-corrected chi connectivity index (χ3v) is 3.10. The molecule has 23 heavy (non-hydrogen) atoms. The fourth-order valence-electron chi connectivity index (χ4n) is 2.07. The molecule has 10 nitrogen and oxygen atoms in total. The van der Waals surface area contributed by atoms with Crippen molar-refractivity contribution in [3.8, 4) is 0 Å². The van der Waals surface area contributed by atoms with Gasteiger partial charge in [0.25, 0.3) is 5.91 Å². The molecule has 0 fully saturated rings. The Balaban J connectivity index is 1.80. The molecule has 0 aliphatic heterocycles. The Kier molecular flexibility index (Phi) is 3.63. The number of nitrogens with two attached hydrogens (primary N) is 1. The number of carbonyl (C=O) groups is 2. The van der Waals surface area contributed by atoms with Crippen LogP contribution in [0.5, 0.6) is 0 Å². The Morgan fingerprint density at radius 1 is 1.35 bits per heavy atom. The van der Waals surface area contributed by atoms with Crippen molar-refractivity contribution in [3.05, 3.63) is 30.5 Å². The second-order valence-corrected chi connectivity index (χ2v) is 4.63. The molecule has 0 saturated heterocycles. The van der Waals surface area contributed by atoms with E-state index in [4.69, 9.17) is 5.73 Å². The summed E-state index contributed by atoms with van der Waals surface area (Å²) >= 11 is 0. The van der Waals surface area contributed by atoms with Crippen molar-refractivity contribution in [2.45, 2.75) is 6.54 Å². The number of nitrogens with zero attached hydrogens (tertiary/aromatic N) is 5. The van der Waals surface area contributed by atoms with E-state index >= 15 is 0 Å². The summed E-state index contributed by atoms with van der Waals surface area (Å²) in [6.45, 7) is -0.110. The number of nitrogen functional groups attached to an aromatic ring is 1. The van der Waals surface area contributed by atoms with Crippen LogP contribution >= 0.6 is 0 Å². The largest absolute Gasteiger partial charge is 0.453 e. The third-order valence-electron chi connectivity index (χ3n) is 3.10. The molecule has 2 aromatic heterocycles. The standard InChI is InChI=1S/C13H13N7O3/c1-23-13(22)15-10-6-19(18-16-10)7-11(21)20-9-5-3-2-4-8(9)12(14)17-20/h2-6H,7H2,1H3,(H2,14,17)(H,15,22). The van der Waals surface area contributed by atoms with Crippen LogP contribution < -0.4 is 11.1 Å². The average molecular weight is 315 g/mol. The number of amides is 1. The smallest absolute Gasteiger partial charge is 0.412 e. The number of rotatable bonds is 3. The minimum absolute atomic E-state index is 0.110. The molecule has 3 aromatic rings. The minimum Gasteiger partial charge on any atom is -0.453 e. The normalized spacial score (nSPS) is 10.7. The van der Waals surface area contributed by atoms with Gasteiger partial charge in [0.15, 0.2) is 11.6 Å². The number of fused-ring (bicyclic) bond motifs is 1. The number of aromatic nitrogens is 5. The van der Waals surface area contributed by atoms with E-state index in [1.54, 1.807) is 18.2 Å². The van der Waals surface area contributed by atoms with Crippen LogP contribution in [0.25, 0.3) is 10.9 Å². The predicted molar refractivity (Wildman–Crippen MR) is 80.8 cm³/mol. The molecule has 2 heterocycles. The molecule has 118 valence electrons. The fourth-order valence-corrected chi connectivity index (χ4v) is 2.07. The van der Waals surface area contributed by atoms with Crippen LogP contribution in [0, 0.1) is 0 Å². The van der Waals surface area contributed by atoms with Crippen LogP contribution in [-0.2, 0) is 11.3 Å². The Hall–Kier alpha value is -3.43. The highest BCUT2D eigenvalue weighted by Crippen LogP contribution is 2.19. The number of para-hydroxylation sites is 1. The van der Waals surface area contributed by atoms with E-state index in [1.165, 1.54) is 22.7 Å². The summed E-state index contributed by atoms with van der Waals surface area (Å²) in [4.78, 5) is 23.5. The van der Waals surface area contributed by atoms with E-state index in [1.807, 2.05) is 6.07 Å². The molecule has 0 aliphatic rings. The summed E-state index contributed by atoms with van der Waals surface area (Å²) in [6, 6.07) is 7.15. The van der Waals surface area contributed by atoms with Gasteiger partial charge in [-0.15, -0.1) is 10.2 Å². The number of hydrogen-bond acceptors (Lipinski definition) is 7. The van der Waals surface area contributed by atoms with Gasteiger partial charge in [-0.25, -0.2) is 9.48 Å². The molecule has 1 amide bonds. The van der Waals surface area contributed by atoms with Crippen LogP contribution in [0.2, 0.25) is 0 Å². The van der Waals surface area contributed by atoms with Crippen molar-refractivity contribution in [3.63, 3.8) is 0 Å². The number of benzene rings is 1. The molecular formula is C13H13N7O3. The Morgan fingerprint density at radius 2 is 2.13 bits per heavy atom. The number of methoxy groups -OCH3 is 1. The number of nitrogens with one attached hydrogen (secondary N) is 1. The molecule has 3 N–H and O–H groups in total. The summed E-state index contributed by atoms with van der Waals surface area (Å²) in [6.07, 6.45) is 0.735. The lowest BCUT2D eigenvalue weighted by Gasteiger charge is -2.01. The van der Waals surface area contributed by atoms with Gasteiger partial charge in [0.05, 0.1) is 18.8 Å². The first-order valence-electron chi connectivity index (χ1n) is 6.60. The summed E-state index contributed by atoms with van der Waals surface area (Å²) in [5, 5.41) is 14.6. The molecule has 10 heteroatoms. The lowest BCUT2D eigenvalue weighted by Crippen LogP contribution is -2.19. The first kappa shape index (κ1) is 14.5. The van der Waals surface area contributed by atoms with E-state index < -0.39 is 6.09 Å². The highest BCUT2D eigenvalue weighted by molar-refractivity contribution is 5.96. The molecule has 0 radical (unpaired) electrons. The first-order chi connectivity index (χ1) is 11.1. The van der Waals surface area contributed by atoms with Crippen molar-refractivity contribution < 1.29 is 14.3 Å². The minimum atomic E-state index is -0.672. The number of hydrogen-bond donors (Lipinski definition) is 2. The molecule has 0 aliphatic carbocycles. The maximum atomic E-state index is 12.4. The number of carbonyl (C=O) groups excluding carboxylic acids is 2. The zero-order valence-corrected chi connectivity index (χ0v) is 12.1. The van der Waals surface area contributed by atoms with E-state index in [9.17, 15) is 9.59 Å². The van der Waals surface area contributed by atoms with Crippen molar-refractivity contribution in [1.29, 1.82) is 0 Å². The van der Waals surface area contributed by atoms with Gasteiger partial charge in [0.2, 0.25) is 0 Å². The zero-order chi connectivity index (χ0) is 16.4. The highest BCUT2D eigenvalue weighted by Gasteiger charge is 2.15. The van der Waals surface area contributed by atoms with Gasteiger partial charge in [-0.05, 0) is 12.1 Å². The lowest BCUT2D eigenvalue weighted by atomic mass is 10.2. The SMILES string of the molecule is COC(=O)Nc1cn(CC(=O)n2nc(N)c3ccccc32)nn1. The highest BCUT2D eigenvalue weighted by atomic mass is 16.5. The van der Waals surface area contributed by atoms with Gasteiger partial charge in [0, 0.05) is 5.39 Å². The van der Waals surface area contributed by atoms with Gasteiger partial charge in [-0.2, -0.15) is 4.68 Å². The van der Waals surface area contributed by atoms with Crippen LogP contribution in [0.3, 0.4) is 0 Å². The quantitative estimate of drug-likeness (QED) is 0.728. The summed E-state index contributed by atoms with van der Waals surface area (Å²) in [5.41, 5.74) is 6.42. The molecule has 0 spiro atoms. The van der Waals surface area contributed by atoms with E-state index in [0.29, 0.717) is 10.9 Å². The van der Waals surface area contributed by atoms with Gasteiger partial charge in [-0.3, -0.25) is 10.1 Å². The average Bonchev–Trinajstić information content (AvgIpc) is 3.12. The van der Waals surface area contributed by atoms with Crippen molar-refractivity contribution >= 4 is 34.5 Å². The first-order valence-corrected chi connectivity index (χ1v) is 6.60. The molecule has 0 saturated carbocycles. The van der Waals surface area contributed by atoms with Crippen molar-refractivity contribution in [2.75, 3.05) is 18.2 Å². The summed E-state index contributed by atoms with van der Waals surface area (Å²) < 4.78 is 6.94. The van der Waals surface area contributed by atoms with E-state index in [-0.39, 0.29) is 24.1 Å². The lowest BCUT2D eigenvalue weighted by molar-refractivity contribution is 0.0875. The maximum absolute atomic E-state index is 12.4. The number of anilines is 2. The van der Waals surface area contributed by atoms with Crippen molar-refractivity contribution in [1.82, 2.24) is 24.8 Å². The van der Waals surface area contributed by atoms with Gasteiger partial charge in [0.1, 0.15) is 6.54 Å². The molecule has 0 unspecified atom stereocenters. The van der Waals surface area contributed by atoms with Gasteiger partial charge in [-0.1, -0.05) is 17.3 Å². The summed E-state index contributed by atoms with van der Waals surface area (Å²) in [5.74, 6) is 0.113. The second-order valence-electron chi connectivity index (χ2n) is 4.63. The second kappa shape index (κ2) is 5.75. The molecule has 0 bridgehead atoms. The van der Waals surface area contributed by atoms with Crippen molar-refractivity contribution in [2.24, 2.45) is 0 Å².